The van der Waals surface area contributed by atoms with Gasteiger partial charge in [-0.3, -0.25) is 0 Å². The van der Waals surface area contributed by atoms with Crippen LogP contribution in [0.1, 0.15) is 24.6 Å². The van der Waals surface area contributed by atoms with Gasteiger partial charge in [-0.05, 0) is 24.7 Å². The van der Waals surface area contributed by atoms with E-state index in [0.717, 1.165) is 48.0 Å². The van der Waals surface area contributed by atoms with Crippen molar-refractivity contribution in [1.29, 1.82) is 0 Å². The summed E-state index contributed by atoms with van der Waals surface area (Å²) in [7, 11) is 1.65. The summed E-state index contributed by atoms with van der Waals surface area (Å²) < 4.78 is 6.96. The van der Waals surface area contributed by atoms with Crippen molar-refractivity contribution in [3.05, 3.63) is 47.6 Å². The first-order valence-electron chi connectivity index (χ1n) is 10.0. The van der Waals surface area contributed by atoms with Gasteiger partial charge in [0.25, 0.3) is 0 Å². The highest BCUT2D eigenvalue weighted by Crippen LogP contribution is 2.43. The Labute approximate surface area is 174 Å². The van der Waals surface area contributed by atoms with Crippen LogP contribution in [0.4, 0.5) is 5.13 Å². The van der Waals surface area contributed by atoms with Crippen LogP contribution in [0.3, 0.4) is 0 Å². The number of aromatic nitrogens is 4. The molecule has 3 heterocycles. The smallest absolute Gasteiger partial charge is 0.185 e. The molecule has 1 saturated carbocycles. The Morgan fingerprint density at radius 3 is 2.76 bits per heavy atom. The minimum Gasteiger partial charge on any atom is -0.391 e. The van der Waals surface area contributed by atoms with Crippen LogP contribution in [0.2, 0.25) is 0 Å². The van der Waals surface area contributed by atoms with E-state index in [2.05, 4.69) is 32.7 Å². The van der Waals surface area contributed by atoms with E-state index >= 15 is 0 Å². The Morgan fingerprint density at radius 2 is 1.97 bits per heavy atom. The van der Waals surface area contributed by atoms with E-state index in [1.165, 1.54) is 0 Å². The highest BCUT2D eigenvalue weighted by Gasteiger charge is 2.43. The number of anilines is 1. The van der Waals surface area contributed by atoms with Crippen molar-refractivity contribution in [1.82, 2.24) is 20.0 Å². The van der Waals surface area contributed by atoms with E-state index in [9.17, 15) is 5.11 Å². The van der Waals surface area contributed by atoms with Gasteiger partial charge >= 0.3 is 0 Å². The lowest BCUT2D eigenvalue weighted by Crippen LogP contribution is -2.36. The molecule has 8 heteroatoms. The standard InChI is InChI=1S/C21H25N5O2S/c1-28-12-17-11-26(24-23-17)19-7-15-9-25(10-16(15)8-20(19)27)21-22-18(13-29-21)14-5-3-2-4-6-14/h2-6,11,13,15-16,19-20,27H,7-10,12H2,1H3/t15-,16+,19-,20-/m1/s1. The number of hydrogen-bond acceptors (Lipinski definition) is 7. The van der Waals surface area contributed by atoms with Crippen LogP contribution in [0.25, 0.3) is 11.3 Å². The predicted molar refractivity (Wildman–Crippen MR) is 112 cm³/mol. The molecular weight excluding hydrogens is 386 g/mol. The molecule has 0 radical (unpaired) electrons. The molecular formula is C21H25N5O2S. The molecule has 0 spiro atoms. The summed E-state index contributed by atoms with van der Waals surface area (Å²) >= 11 is 1.70. The van der Waals surface area contributed by atoms with E-state index in [4.69, 9.17) is 9.72 Å². The van der Waals surface area contributed by atoms with Crippen molar-refractivity contribution < 1.29 is 9.84 Å². The second-order valence-corrected chi connectivity index (χ2v) is 8.87. The summed E-state index contributed by atoms with van der Waals surface area (Å²) in [5, 5.41) is 22.4. The van der Waals surface area contributed by atoms with Crippen molar-refractivity contribution in [2.45, 2.75) is 31.6 Å². The van der Waals surface area contributed by atoms with Gasteiger partial charge in [-0.15, -0.1) is 16.4 Å². The van der Waals surface area contributed by atoms with Crippen LogP contribution in [0.5, 0.6) is 0 Å². The van der Waals surface area contributed by atoms with Crippen LogP contribution in [-0.2, 0) is 11.3 Å². The monoisotopic (exact) mass is 411 g/mol. The maximum absolute atomic E-state index is 10.8. The molecule has 1 aliphatic carbocycles. The predicted octanol–water partition coefficient (Wildman–Crippen LogP) is 3.00. The first-order valence-corrected chi connectivity index (χ1v) is 10.9. The second kappa shape index (κ2) is 7.85. The van der Waals surface area contributed by atoms with Gasteiger partial charge < -0.3 is 14.7 Å². The van der Waals surface area contributed by atoms with Crippen molar-refractivity contribution in [3.8, 4) is 11.3 Å². The molecule has 4 atom stereocenters. The van der Waals surface area contributed by atoms with Crippen LogP contribution >= 0.6 is 11.3 Å². The summed E-state index contributed by atoms with van der Waals surface area (Å²) in [6.45, 7) is 2.38. The molecule has 1 aromatic carbocycles. The first kappa shape index (κ1) is 18.7. The molecule has 1 aliphatic heterocycles. The zero-order chi connectivity index (χ0) is 19.8. The van der Waals surface area contributed by atoms with Gasteiger partial charge in [0.05, 0.1) is 30.6 Å². The van der Waals surface area contributed by atoms with E-state index in [1.54, 1.807) is 18.4 Å². The topological polar surface area (TPSA) is 76.3 Å². The molecule has 5 rings (SSSR count). The average Bonchev–Trinajstić information content (AvgIpc) is 3.47. The molecule has 0 amide bonds. The molecule has 3 aromatic rings. The SMILES string of the molecule is COCc1cn([C@@H]2C[C@@H]3CN(c4nc(-c5ccccc5)cs4)C[C@@H]3C[C@H]2O)nn1. The summed E-state index contributed by atoms with van der Waals surface area (Å²) in [5.74, 6) is 1.02. The zero-order valence-electron chi connectivity index (χ0n) is 16.4. The molecule has 29 heavy (non-hydrogen) atoms. The summed E-state index contributed by atoms with van der Waals surface area (Å²) in [6.07, 6.45) is 3.21. The molecule has 0 unspecified atom stereocenters. The number of aliphatic hydroxyl groups excluding tert-OH is 1. The molecule has 2 fully saturated rings. The number of methoxy groups -OCH3 is 1. The van der Waals surface area contributed by atoms with Crippen molar-refractivity contribution in [3.63, 3.8) is 0 Å². The molecule has 1 saturated heterocycles. The number of nitrogens with zero attached hydrogens (tertiary/aromatic N) is 5. The Morgan fingerprint density at radius 1 is 1.17 bits per heavy atom. The number of benzene rings is 1. The second-order valence-electron chi connectivity index (χ2n) is 8.04. The molecule has 2 aromatic heterocycles. The summed E-state index contributed by atoms with van der Waals surface area (Å²) in [4.78, 5) is 7.27. The number of aliphatic hydroxyl groups is 1. The average molecular weight is 412 g/mol. The highest BCUT2D eigenvalue weighted by molar-refractivity contribution is 7.14. The molecule has 7 nitrogen and oxygen atoms in total. The van der Waals surface area contributed by atoms with Gasteiger partial charge in [0.15, 0.2) is 5.13 Å². The molecule has 2 aliphatic rings. The van der Waals surface area contributed by atoms with Crippen molar-refractivity contribution in [2.75, 3.05) is 25.1 Å². The number of thiazole rings is 1. The van der Waals surface area contributed by atoms with Gasteiger partial charge in [0.2, 0.25) is 0 Å². The Hall–Kier alpha value is -2.29. The molecule has 0 bridgehead atoms. The van der Waals surface area contributed by atoms with Crippen molar-refractivity contribution >= 4 is 16.5 Å². The van der Waals surface area contributed by atoms with Gasteiger partial charge in [-0.1, -0.05) is 35.5 Å². The Bertz CT molecular complexity index is 959. The van der Waals surface area contributed by atoms with Crippen LogP contribution < -0.4 is 4.90 Å². The minimum absolute atomic E-state index is 0.0227. The lowest BCUT2D eigenvalue weighted by molar-refractivity contribution is 0.0298. The molecule has 1 N–H and O–H groups in total. The Kier molecular flexibility index (Phi) is 5.07. The van der Waals surface area contributed by atoms with Gasteiger partial charge in [0, 0.05) is 31.1 Å². The fourth-order valence-corrected chi connectivity index (χ4v) is 5.54. The summed E-state index contributed by atoms with van der Waals surface area (Å²) in [5.41, 5.74) is 2.98. The number of fused-ring (bicyclic) bond motifs is 1. The van der Waals surface area contributed by atoms with Gasteiger partial charge in [-0.2, -0.15) is 0 Å². The Balaban J connectivity index is 1.29. The normalized spacial score (nSPS) is 26.6. The van der Waals surface area contributed by atoms with E-state index in [1.807, 2.05) is 29.1 Å². The largest absolute Gasteiger partial charge is 0.391 e. The zero-order valence-corrected chi connectivity index (χ0v) is 17.2. The van der Waals surface area contributed by atoms with Gasteiger partial charge in [-0.25, -0.2) is 9.67 Å². The number of rotatable bonds is 5. The number of ether oxygens (including phenoxy) is 1. The molecule has 152 valence electrons. The van der Waals surface area contributed by atoms with Gasteiger partial charge in [0.1, 0.15) is 5.69 Å². The van der Waals surface area contributed by atoms with E-state index in [-0.39, 0.29) is 6.04 Å². The van der Waals surface area contributed by atoms with Crippen LogP contribution in [-0.4, -0.2) is 51.4 Å². The van der Waals surface area contributed by atoms with Crippen molar-refractivity contribution in [2.24, 2.45) is 11.8 Å². The van der Waals surface area contributed by atoms with Crippen LogP contribution in [0, 0.1) is 11.8 Å². The summed E-state index contributed by atoms with van der Waals surface area (Å²) in [6, 6.07) is 10.3. The quantitative estimate of drug-likeness (QED) is 0.696. The maximum Gasteiger partial charge on any atom is 0.185 e. The minimum atomic E-state index is -0.399. The maximum atomic E-state index is 10.8. The lowest BCUT2D eigenvalue weighted by atomic mass is 9.77. The third kappa shape index (κ3) is 3.68. The van der Waals surface area contributed by atoms with E-state index in [0.29, 0.717) is 18.4 Å². The third-order valence-electron chi connectivity index (χ3n) is 6.13. The third-order valence-corrected chi connectivity index (χ3v) is 7.03. The fraction of sp³-hybridized carbons (Fsp3) is 0.476. The fourth-order valence-electron chi connectivity index (χ4n) is 4.69. The van der Waals surface area contributed by atoms with E-state index < -0.39 is 6.10 Å². The lowest BCUT2D eigenvalue weighted by Gasteiger charge is -2.34. The number of hydrogen-bond donors (Lipinski definition) is 1. The highest BCUT2D eigenvalue weighted by atomic mass is 32.1. The van der Waals surface area contributed by atoms with Crippen LogP contribution in [0.15, 0.2) is 41.9 Å². The first-order chi connectivity index (χ1) is 14.2.